The molecule has 1 aromatic rings. The molecule has 0 atom stereocenters. The van der Waals surface area contributed by atoms with Crippen LogP contribution in [0.3, 0.4) is 0 Å². The first-order chi connectivity index (χ1) is 3.97. The molecule has 1 fully saturated rings. The average molecular weight is 109 g/mol. The third kappa shape index (κ3) is 0.529. The van der Waals surface area contributed by atoms with Crippen molar-refractivity contribution in [3.05, 3.63) is 18.4 Å². The molecule has 0 aromatic carbocycles. The molecule has 1 aromatic heterocycles. The van der Waals surface area contributed by atoms with Gasteiger partial charge in [0.05, 0.1) is 6.20 Å². The lowest BCUT2D eigenvalue weighted by Gasteiger charge is -1.80. The Balaban J connectivity index is 2.28. The normalized spacial score (nSPS) is 19.0. The molecule has 0 bridgehead atoms. The van der Waals surface area contributed by atoms with Crippen LogP contribution in [0.15, 0.2) is 17.0 Å². The van der Waals surface area contributed by atoms with E-state index >= 15 is 0 Å². The summed E-state index contributed by atoms with van der Waals surface area (Å²) in [5.41, 5.74) is 0. The van der Waals surface area contributed by atoms with Crippen molar-refractivity contribution < 1.29 is 4.42 Å². The monoisotopic (exact) mass is 109 g/mol. The number of oxazole rings is 1. The molecule has 0 amide bonds. The minimum absolute atomic E-state index is 0.706. The summed E-state index contributed by atoms with van der Waals surface area (Å²) in [5.74, 6) is 1.77. The Morgan fingerprint density at radius 1 is 1.62 bits per heavy atom. The van der Waals surface area contributed by atoms with Gasteiger partial charge in [0.2, 0.25) is 0 Å². The first-order valence-electron chi connectivity index (χ1n) is 2.85. The molecular formula is C6H7NO. The quantitative estimate of drug-likeness (QED) is 0.546. The van der Waals surface area contributed by atoms with E-state index in [0.717, 1.165) is 5.76 Å². The molecule has 0 saturated heterocycles. The van der Waals surface area contributed by atoms with Crippen LogP contribution in [0.4, 0.5) is 0 Å². The van der Waals surface area contributed by atoms with E-state index in [1.54, 1.807) is 6.20 Å². The maximum atomic E-state index is 5.05. The lowest BCUT2D eigenvalue weighted by atomic mass is 10.3. The van der Waals surface area contributed by atoms with Crippen molar-refractivity contribution in [3.8, 4) is 0 Å². The predicted molar refractivity (Wildman–Crippen MR) is 28.5 cm³/mol. The van der Waals surface area contributed by atoms with E-state index in [9.17, 15) is 0 Å². The first-order valence-corrected chi connectivity index (χ1v) is 2.85. The van der Waals surface area contributed by atoms with Gasteiger partial charge in [0, 0.05) is 5.92 Å². The molecule has 0 radical (unpaired) electrons. The summed E-state index contributed by atoms with van der Waals surface area (Å²) in [4.78, 5) is 3.82. The number of hydrogen-bond donors (Lipinski definition) is 0. The van der Waals surface area contributed by atoms with Crippen molar-refractivity contribution in [2.45, 2.75) is 18.8 Å². The zero-order valence-corrected chi connectivity index (χ0v) is 4.50. The molecule has 0 spiro atoms. The Bertz CT molecular complexity index is 165. The second-order valence-corrected chi connectivity index (χ2v) is 2.18. The highest BCUT2D eigenvalue weighted by molar-refractivity contribution is 5.05. The molecule has 8 heavy (non-hydrogen) atoms. The average Bonchev–Trinajstić information content (AvgIpc) is 2.49. The van der Waals surface area contributed by atoms with Gasteiger partial charge in [-0.3, -0.25) is 0 Å². The van der Waals surface area contributed by atoms with E-state index in [0.29, 0.717) is 5.92 Å². The molecule has 2 rings (SSSR count). The highest BCUT2D eigenvalue weighted by Crippen LogP contribution is 2.39. The molecule has 2 nitrogen and oxygen atoms in total. The minimum atomic E-state index is 0.706. The van der Waals surface area contributed by atoms with E-state index in [4.69, 9.17) is 4.42 Å². The standard InChI is InChI=1S/C6H7NO/c1-2-5(1)6-3-7-4-8-6/h3-5H,1-2H2. The summed E-state index contributed by atoms with van der Waals surface area (Å²) in [6.07, 6.45) is 5.87. The van der Waals surface area contributed by atoms with Crippen molar-refractivity contribution >= 4 is 0 Å². The predicted octanol–water partition coefficient (Wildman–Crippen LogP) is 1.55. The topological polar surface area (TPSA) is 26.0 Å². The van der Waals surface area contributed by atoms with E-state index in [2.05, 4.69) is 4.98 Å². The van der Waals surface area contributed by atoms with Crippen LogP contribution in [-0.4, -0.2) is 4.98 Å². The fraction of sp³-hybridized carbons (Fsp3) is 0.500. The number of aromatic nitrogens is 1. The van der Waals surface area contributed by atoms with Gasteiger partial charge in [-0.15, -0.1) is 0 Å². The molecule has 2 heteroatoms. The van der Waals surface area contributed by atoms with Gasteiger partial charge in [0.1, 0.15) is 5.76 Å². The summed E-state index contributed by atoms with van der Waals surface area (Å²) in [6, 6.07) is 0. The molecule has 42 valence electrons. The lowest BCUT2D eigenvalue weighted by Crippen LogP contribution is -1.67. The van der Waals surface area contributed by atoms with Crippen LogP contribution in [0.5, 0.6) is 0 Å². The van der Waals surface area contributed by atoms with Gasteiger partial charge >= 0.3 is 0 Å². The Labute approximate surface area is 47.5 Å². The van der Waals surface area contributed by atoms with Gasteiger partial charge in [-0.1, -0.05) is 0 Å². The van der Waals surface area contributed by atoms with Gasteiger partial charge in [-0.2, -0.15) is 0 Å². The molecule has 0 unspecified atom stereocenters. The summed E-state index contributed by atoms with van der Waals surface area (Å²) in [7, 11) is 0. The number of nitrogens with zero attached hydrogens (tertiary/aromatic N) is 1. The van der Waals surface area contributed by atoms with Gasteiger partial charge in [0.15, 0.2) is 6.39 Å². The van der Waals surface area contributed by atoms with Crippen LogP contribution in [0.25, 0.3) is 0 Å². The zero-order valence-electron chi connectivity index (χ0n) is 4.50. The fourth-order valence-electron chi connectivity index (χ4n) is 0.795. The lowest BCUT2D eigenvalue weighted by molar-refractivity contribution is 0.506. The Morgan fingerprint density at radius 2 is 2.50 bits per heavy atom. The van der Waals surface area contributed by atoms with Crippen LogP contribution in [0.2, 0.25) is 0 Å². The highest BCUT2D eigenvalue weighted by Gasteiger charge is 2.26. The van der Waals surface area contributed by atoms with E-state index < -0.39 is 0 Å². The van der Waals surface area contributed by atoms with Crippen molar-refractivity contribution in [1.82, 2.24) is 4.98 Å². The summed E-state index contributed by atoms with van der Waals surface area (Å²) < 4.78 is 5.05. The molecule has 0 aliphatic heterocycles. The Morgan fingerprint density at radius 3 is 3.00 bits per heavy atom. The third-order valence-electron chi connectivity index (χ3n) is 1.43. The van der Waals surface area contributed by atoms with E-state index in [1.807, 2.05) is 0 Å². The summed E-state index contributed by atoms with van der Waals surface area (Å²) >= 11 is 0. The van der Waals surface area contributed by atoms with Crippen LogP contribution >= 0.6 is 0 Å². The first kappa shape index (κ1) is 4.13. The van der Waals surface area contributed by atoms with Crippen molar-refractivity contribution in [3.63, 3.8) is 0 Å². The maximum Gasteiger partial charge on any atom is 0.180 e. The Hall–Kier alpha value is -0.790. The van der Waals surface area contributed by atoms with Crippen LogP contribution in [0.1, 0.15) is 24.5 Å². The Kier molecular flexibility index (Phi) is 0.692. The summed E-state index contributed by atoms with van der Waals surface area (Å²) in [6.45, 7) is 0. The SMILES string of the molecule is c1ncc(C2CC2)o1. The van der Waals surface area contributed by atoms with Gasteiger partial charge in [0.25, 0.3) is 0 Å². The second kappa shape index (κ2) is 1.34. The van der Waals surface area contributed by atoms with Gasteiger partial charge < -0.3 is 4.42 Å². The molecular weight excluding hydrogens is 102 g/mol. The van der Waals surface area contributed by atoms with E-state index in [-0.39, 0.29) is 0 Å². The molecule has 1 heterocycles. The largest absolute Gasteiger partial charge is 0.448 e. The van der Waals surface area contributed by atoms with Crippen LogP contribution in [-0.2, 0) is 0 Å². The fourth-order valence-corrected chi connectivity index (χ4v) is 0.795. The number of hydrogen-bond acceptors (Lipinski definition) is 2. The molecule has 0 N–H and O–H groups in total. The van der Waals surface area contributed by atoms with Crippen molar-refractivity contribution in [2.75, 3.05) is 0 Å². The number of rotatable bonds is 1. The van der Waals surface area contributed by atoms with Crippen molar-refractivity contribution in [2.24, 2.45) is 0 Å². The molecule has 1 saturated carbocycles. The second-order valence-electron chi connectivity index (χ2n) is 2.18. The van der Waals surface area contributed by atoms with Crippen molar-refractivity contribution in [1.29, 1.82) is 0 Å². The minimum Gasteiger partial charge on any atom is -0.448 e. The van der Waals surface area contributed by atoms with E-state index in [1.165, 1.54) is 19.2 Å². The third-order valence-corrected chi connectivity index (χ3v) is 1.43. The molecule has 1 aliphatic rings. The van der Waals surface area contributed by atoms with Gasteiger partial charge in [-0.25, -0.2) is 4.98 Å². The maximum absolute atomic E-state index is 5.05. The highest BCUT2D eigenvalue weighted by atomic mass is 16.3. The van der Waals surface area contributed by atoms with Crippen LogP contribution in [0, 0.1) is 0 Å². The smallest absolute Gasteiger partial charge is 0.180 e. The zero-order chi connectivity index (χ0) is 5.40. The van der Waals surface area contributed by atoms with Crippen LogP contribution < -0.4 is 0 Å². The van der Waals surface area contributed by atoms with Gasteiger partial charge in [-0.05, 0) is 12.8 Å². The summed E-state index contributed by atoms with van der Waals surface area (Å²) in [5, 5.41) is 0. The molecule has 1 aliphatic carbocycles.